The highest BCUT2D eigenvalue weighted by atomic mass is 32.1. The van der Waals surface area contributed by atoms with E-state index in [9.17, 15) is 9.59 Å². The van der Waals surface area contributed by atoms with Gasteiger partial charge in [-0.25, -0.2) is 4.79 Å². The van der Waals surface area contributed by atoms with Crippen molar-refractivity contribution in [3.63, 3.8) is 0 Å². The molecular formula is C27H30O4S. The van der Waals surface area contributed by atoms with E-state index in [1.807, 2.05) is 31.2 Å². The second-order valence-electron chi connectivity index (χ2n) is 8.12. The van der Waals surface area contributed by atoms with Crippen LogP contribution in [0.4, 0.5) is 0 Å². The number of thiophene rings is 1. The normalized spacial score (nSPS) is 11.4. The van der Waals surface area contributed by atoms with Gasteiger partial charge in [0.15, 0.2) is 12.4 Å². The Morgan fingerprint density at radius 3 is 2.38 bits per heavy atom. The maximum absolute atomic E-state index is 11.9. The number of hydrogen-bond donors (Lipinski definition) is 0. The van der Waals surface area contributed by atoms with Gasteiger partial charge in [0.2, 0.25) is 0 Å². The number of carbonyl (C=O) groups is 2. The SMILES string of the molecule is C=C(C)C(=O)COc1ccc(C(CC)(CC)c2cc3cc(C(=O)OC)ccc3s2)cc1C. The standard InChI is InChI=1S/C27H30O4S/c1-7-27(8-2,21-10-11-23(18(5)13-21)31-16-22(28)17(3)4)25-15-20-14-19(26(29)30-6)9-12-24(20)32-25/h9-15H,3,7-8,16H2,1-2,4-6H3. The first-order valence-corrected chi connectivity index (χ1v) is 11.6. The average Bonchev–Trinajstić information content (AvgIpc) is 3.22. The third-order valence-electron chi connectivity index (χ3n) is 6.18. The fraction of sp³-hybridized carbons (Fsp3) is 0.333. The number of hydrogen-bond acceptors (Lipinski definition) is 5. The van der Waals surface area contributed by atoms with E-state index in [0.717, 1.165) is 28.5 Å². The summed E-state index contributed by atoms with van der Waals surface area (Å²) in [5.41, 5.74) is 3.13. The summed E-state index contributed by atoms with van der Waals surface area (Å²) in [4.78, 5) is 25.1. The van der Waals surface area contributed by atoms with Gasteiger partial charge in [-0.3, -0.25) is 4.79 Å². The van der Waals surface area contributed by atoms with E-state index in [1.165, 1.54) is 17.6 Å². The van der Waals surface area contributed by atoms with Crippen molar-refractivity contribution < 1.29 is 19.1 Å². The maximum atomic E-state index is 11.9. The second kappa shape index (κ2) is 9.70. The van der Waals surface area contributed by atoms with Crippen molar-refractivity contribution in [1.82, 2.24) is 0 Å². The van der Waals surface area contributed by atoms with Gasteiger partial charge in [-0.15, -0.1) is 11.3 Å². The summed E-state index contributed by atoms with van der Waals surface area (Å²) in [5, 5.41) is 1.05. The first kappa shape index (κ1) is 23.7. The Labute approximate surface area is 193 Å². The molecule has 0 saturated heterocycles. The van der Waals surface area contributed by atoms with Gasteiger partial charge in [0.25, 0.3) is 0 Å². The summed E-state index contributed by atoms with van der Waals surface area (Å²) in [5.74, 6) is 0.290. The van der Waals surface area contributed by atoms with Crippen LogP contribution >= 0.6 is 11.3 Å². The van der Waals surface area contributed by atoms with E-state index >= 15 is 0 Å². The second-order valence-corrected chi connectivity index (χ2v) is 9.20. The van der Waals surface area contributed by atoms with Crippen LogP contribution in [-0.2, 0) is 14.9 Å². The zero-order valence-electron chi connectivity index (χ0n) is 19.4. The lowest BCUT2D eigenvalue weighted by Gasteiger charge is -2.32. The van der Waals surface area contributed by atoms with Crippen molar-refractivity contribution in [2.75, 3.05) is 13.7 Å². The van der Waals surface area contributed by atoms with Crippen molar-refractivity contribution in [3.05, 3.63) is 76.2 Å². The number of methoxy groups -OCH3 is 1. The molecule has 0 amide bonds. The van der Waals surface area contributed by atoms with E-state index in [2.05, 4.69) is 38.6 Å². The van der Waals surface area contributed by atoms with Gasteiger partial charge >= 0.3 is 5.97 Å². The monoisotopic (exact) mass is 450 g/mol. The van der Waals surface area contributed by atoms with Crippen molar-refractivity contribution in [1.29, 1.82) is 0 Å². The van der Waals surface area contributed by atoms with Crippen molar-refractivity contribution in [2.24, 2.45) is 0 Å². The summed E-state index contributed by atoms with van der Waals surface area (Å²) in [6.07, 6.45) is 1.88. The Hall–Kier alpha value is -2.92. The van der Waals surface area contributed by atoms with Gasteiger partial charge in [-0.1, -0.05) is 32.6 Å². The lowest BCUT2D eigenvalue weighted by atomic mass is 9.74. The number of ether oxygens (including phenoxy) is 2. The minimum Gasteiger partial charge on any atom is -0.485 e. The summed E-state index contributed by atoms with van der Waals surface area (Å²) in [6.45, 7) is 11.8. The van der Waals surface area contributed by atoms with Gasteiger partial charge in [-0.05, 0) is 79.1 Å². The number of rotatable bonds is 9. The van der Waals surface area contributed by atoms with E-state index in [0.29, 0.717) is 16.9 Å². The van der Waals surface area contributed by atoms with Crippen LogP contribution in [0.1, 0.15) is 60.0 Å². The molecule has 3 rings (SSSR count). The molecule has 0 N–H and O–H groups in total. The van der Waals surface area contributed by atoms with Gasteiger partial charge in [0, 0.05) is 15.0 Å². The number of ketones is 1. The third-order valence-corrected chi connectivity index (χ3v) is 7.50. The molecule has 4 nitrogen and oxygen atoms in total. The van der Waals surface area contributed by atoms with Gasteiger partial charge in [0.05, 0.1) is 12.7 Å². The third kappa shape index (κ3) is 4.49. The maximum Gasteiger partial charge on any atom is 0.337 e. The largest absolute Gasteiger partial charge is 0.485 e. The van der Waals surface area contributed by atoms with Gasteiger partial charge in [0.1, 0.15) is 5.75 Å². The van der Waals surface area contributed by atoms with Gasteiger partial charge < -0.3 is 9.47 Å². The topological polar surface area (TPSA) is 52.6 Å². The molecule has 0 bridgehead atoms. The van der Waals surface area contributed by atoms with Crippen LogP contribution in [0.25, 0.3) is 10.1 Å². The van der Waals surface area contributed by atoms with Crippen molar-refractivity contribution >= 4 is 33.2 Å². The summed E-state index contributed by atoms with van der Waals surface area (Å²) >= 11 is 1.77. The zero-order valence-corrected chi connectivity index (χ0v) is 20.2. The molecule has 5 heteroatoms. The number of fused-ring (bicyclic) bond motifs is 1. The number of aryl methyl sites for hydroxylation is 1. The quantitative estimate of drug-likeness (QED) is 0.271. The van der Waals surface area contributed by atoms with Crippen molar-refractivity contribution in [2.45, 2.75) is 46.0 Å². The first-order chi connectivity index (χ1) is 15.2. The molecule has 2 aromatic carbocycles. The number of Topliss-reactive ketones (excluding diaryl/α,β-unsaturated/α-hetero) is 1. The van der Waals surface area contributed by atoms with Crippen LogP contribution in [-0.4, -0.2) is 25.5 Å². The average molecular weight is 451 g/mol. The molecule has 0 saturated carbocycles. The Kier molecular flexibility index (Phi) is 7.19. The number of benzene rings is 2. The molecule has 0 aliphatic rings. The molecule has 0 radical (unpaired) electrons. The smallest absolute Gasteiger partial charge is 0.337 e. The highest BCUT2D eigenvalue weighted by Crippen LogP contribution is 2.45. The van der Waals surface area contributed by atoms with E-state index in [4.69, 9.17) is 9.47 Å². The van der Waals surface area contributed by atoms with Crippen LogP contribution < -0.4 is 4.74 Å². The Balaban J connectivity index is 1.99. The Morgan fingerprint density at radius 1 is 1.06 bits per heavy atom. The van der Waals surface area contributed by atoms with Crippen molar-refractivity contribution in [3.8, 4) is 5.75 Å². The molecule has 0 spiro atoms. The molecular weight excluding hydrogens is 420 g/mol. The van der Waals surface area contributed by atoms with Crippen LogP contribution in [0, 0.1) is 6.92 Å². The van der Waals surface area contributed by atoms with Crippen LogP contribution in [0.2, 0.25) is 0 Å². The lowest BCUT2D eigenvalue weighted by Crippen LogP contribution is -2.25. The number of esters is 1. The highest BCUT2D eigenvalue weighted by molar-refractivity contribution is 7.19. The molecule has 32 heavy (non-hydrogen) atoms. The molecule has 0 aliphatic heterocycles. The summed E-state index contributed by atoms with van der Waals surface area (Å²) < 4.78 is 11.8. The minimum absolute atomic E-state index is 0.00105. The zero-order chi connectivity index (χ0) is 23.5. The molecule has 0 atom stereocenters. The van der Waals surface area contributed by atoms with E-state index in [-0.39, 0.29) is 23.8 Å². The molecule has 0 unspecified atom stereocenters. The fourth-order valence-corrected chi connectivity index (χ4v) is 5.44. The predicted molar refractivity (Wildman–Crippen MR) is 131 cm³/mol. The molecule has 1 aromatic heterocycles. The lowest BCUT2D eigenvalue weighted by molar-refractivity contribution is -0.117. The minimum atomic E-state index is -0.326. The molecule has 168 valence electrons. The van der Waals surface area contributed by atoms with Crippen LogP contribution in [0.15, 0.2) is 54.6 Å². The molecule has 0 aliphatic carbocycles. The number of carbonyl (C=O) groups excluding carboxylic acids is 2. The molecule has 1 heterocycles. The fourth-order valence-electron chi connectivity index (χ4n) is 4.05. The first-order valence-electron chi connectivity index (χ1n) is 10.8. The van der Waals surface area contributed by atoms with Crippen LogP contribution in [0.5, 0.6) is 5.75 Å². The predicted octanol–water partition coefficient (Wildman–Crippen LogP) is 6.63. The Morgan fingerprint density at radius 2 is 1.78 bits per heavy atom. The van der Waals surface area contributed by atoms with Gasteiger partial charge in [-0.2, -0.15) is 0 Å². The summed E-state index contributed by atoms with van der Waals surface area (Å²) in [6, 6.07) is 14.1. The van der Waals surface area contributed by atoms with Crippen LogP contribution in [0.3, 0.4) is 0 Å². The molecule has 3 aromatic rings. The van der Waals surface area contributed by atoms with E-state index < -0.39 is 0 Å². The summed E-state index contributed by atoms with van der Waals surface area (Å²) in [7, 11) is 1.40. The van der Waals surface area contributed by atoms with E-state index in [1.54, 1.807) is 18.3 Å². The highest BCUT2D eigenvalue weighted by Gasteiger charge is 2.33. The molecule has 0 fully saturated rings. The Bertz CT molecular complexity index is 1170.